The van der Waals surface area contributed by atoms with Crippen molar-refractivity contribution < 1.29 is 41.4 Å². The van der Waals surface area contributed by atoms with Gasteiger partial charge in [0.05, 0.1) is 18.5 Å². The van der Waals surface area contributed by atoms with Gasteiger partial charge in [-0.15, -0.1) is 23.4 Å². The lowest BCUT2D eigenvalue weighted by Gasteiger charge is -2.37. The minimum Gasteiger partial charge on any atom is -0.447 e. The third-order valence-corrected chi connectivity index (χ3v) is 7.07. The molecule has 1 saturated heterocycles. The standard InChI is InChI=1S/C28H30F4N8O5/c1-43-8-9-44-27(42)39-14-19(15-39)23-12-17-10-20(35-37-25(17)34-23)4-2-3-7-40-16-24(36-38-40)26(41)33-13-18-11-21(5-6-22(18)29)45-28(30,31)32/h5-6,10-12,16,19H,2-4,7-9,13-15H2,1H3,(H,33,41)(H,34,37). The van der Waals surface area contributed by atoms with Gasteiger partial charge in [-0.2, -0.15) is 5.10 Å². The molecule has 1 aliphatic heterocycles. The van der Waals surface area contributed by atoms with Gasteiger partial charge in [0.15, 0.2) is 11.3 Å². The molecule has 0 spiro atoms. The van der Waals surface area contributed by atoms with E-state index < -0.39 is 23.8 Å². The zero-order chi connectivity index (χ0) is 32.0. The zero-order valence-electron chi connectivity index (χ0n) is 24.1. The summed E-state index contributed by atoms with van der Waals surface area (Å²) in [6, 6.07) is 6.54. The van der Waals surface area contributed by atoms with Crippen LogP contribution in [0.25, 0.3) is 11.0 Å². The molecule has 1 fully saturated rings. The number of H-pyrrole nitrogens is 1. The van der Waals surface area contributed by atoms with Gasteiger partial charge >= 0.3 is 12.5 Å². The van der Waals surface area contributed by atoms with E-state index in [0.717, 1.165) is 41.4 Å². The van der Waals surface area contributed by atoms with Gasteiger partial charge in [0.25, 0.3) is 5.91 Å². The second-order valence-corrected chi connectivity index (χ2v) is 10.4. The van der Waals surface area contributed by atoms with Crippen molar-refractivity contribution in [3.05, 3.63) is 65.0 Å². The first-order chi connectivity index (χ1) is 21.6. The topological polar surface area (TPSA) is 149 Å². The molecule has 0 unspecified atom stereocenters. The molecule has 2 amide bonds. The Hall–Kier alpha value is -4.80. The number of carbonyl (C=O) groups excluding carboxylic acids is 2. The van der Waals surface area contributed by atoms with E-state index >= 15 is 0 Å². The van der Waals surface area contributed by atoms with Crippen molar-refractivity contribution in [3.8, 4) is 5.75 Å². The van der Waals surface area contributed by atoms with E-state index in [2.05, 4.69) is 35.5 Å². The lowest BCUT2D eigenvalue weighted by Crippen LogP contribution is -2.49. The molecule has 0 radical (unpaired) electrons. The summed E-state index contributed by atoms with van der Waals surface area (Å²) >= 11 is 0. The lowest BCUT2D eigenvalue weighted by atomic mass is 9.97. The van der Waals surface area contributed by atoms with Crippen LogP contribution in [0.4, 0.5) is 22.4 Å². The lowest BCUT2D eigenvalue weighted by molar-refractivity contribution is -0.274. The average molecular weight is 635 g/mol. The van der Waals surface area contributed by atoms with Crippen molar-refractivity contribution in [2.75, 3.05) is 33.4 Å². The van der Waals surface area contributed by atoms with Crippen LogP contribution in [0.1, 0.15) is 46.2 Å². The first kappa shape index (κ1) is 31.6. The summed E-state index contributed by atoms with van der Waals surface area (Å²) in [7, 11) is 1.54. The van der Waals surface area contributed by atoms with Crippen molar-refractivity contribution in [2.45, 2.75) is 44.6 Å². The van der Waals surface area contributed by atoms with Crippen LogP contribution < -0.4 is 10.1 Å². The number of unbranched alkanes of at least 4 members (excludes halogenated alkanes) is 1. The molecule has 1 aromatic carbocycles. The number of aromatic amines is 1. The van der Waals surface area contributed by atoms with Crippen LogP contribution in [0.5, 0.6) is 5.75 Å². The summed E-state index contributed by atoms with van der Waals surface area (Å²) in [5.74, 6) is -1.88. The molecule has 0 bridgehead atoms. The quantitative estimate of drug-likeness (QED) is 0.166. The number of likely N-dealkylation sites (tertiary alicyclic amines) is 1. The predicted molar refractivity (Wildman–Crippen MR) is 149 cm³/mol. The number of hydrogen-bond acceptors (Lipinski definition) is 9. The van der Waals surface area contributed by atoms with E-state index in [-0.39, 0.29) is 36.4 Å². The van der Waals surface area contributed by atoms with E-state index in [1.807, 2.05) is 12.1 Å². The summed E-state index contributed by atoms with van der Waals surface area (Å²) in [5, 5.41) is 19.7. The maximum Gasteiger partial charge on any atom is 0.573 e. The first-order valence-corrected chi connectivity index (χ1v) is 14.1. The highest BCUT2D eigenvalue weighted by atomic mass is 19.4. The van der Waals surface area contributed by atoms with Crippen molar-refractivity contribution in [3.63, 3.8) is 0 Å². The Kier molecular flexibility index (Phi) is 9.75. The number of benzene rings is 1. The van der Waals surface area contributed by atoms with Crippen LogP contribution in [0.15, 0.2) is 36.5 Å². The van der Waals surface area contributed by atoms with Crippen molar-refractivity contribution in [1.82, 2.24) is 40.4 Å². The van der Waals surface area contributed by atoms with Crippen LogP contribution in [-0.2, 0) is 29.0 Å². The smallest absolute Gasteiger partial charge is 0.447 e. The van der Waals surface area contributed by atoms with Gasteiger partial charge in [0, 0.05) is 55.9 Å². The molecule has 4 aromatic rings. The number of nitrogens with one attached hydrogen (secondary N) is 2. The van der Waals surface area contributed by atoms with Gasteiger partial charge in [-0.25, -0.2) is 9.18 Å². The number of hydrogen-bond donors (Lipinski definition) is 2. The summed E-state index contributed by atoms with van der Waals surface area (Å²) in [4.78, 5) is 29.4. The third-order valence-electron chi connectivity index (χ3n) is 7.07. The molecule has 240 valence electrons. The monoisotopic (exact) mass is 634 g/mol. The molecule has 2 N–H and O–H groups in total. The number of aryl methyl sites for hydroxylation is 2. The first-order valence-electron chi connectivity index (χ1n) is 14.1. The molecular formula is C28H30F4N8O5. The number of aromatic nitrogens is 6. The molecule has 1 aliphatic rings. The second kappa shape index (κ2) is 13.9. The molecule has 45 heavy (non-hydrogen) atoms. The van der Waals surface area contributed by atoms with Gasteiger partial charge < -0.3 is 29.4 Å². The Morgan fingerprint density at radius 3 is 2.69 bits per heavy atom. The number of nitrogens with zero attached hydrogens (tertiary/aromatic N) is 6. The Morgan fingerprint density at radius 2 is 1.91 bits per heavy atom. The third kappa shape index (κ3) is 8.43. The fourth-order valence-corrected chi connectivity index (χ4v) is 4.71. The minimum atomic E-state index is -4.92. The highest BCUT2D eigenvalue weighted by Gasteiger charge is 2.34. The van der Waals surface area contributed by atoms with Crippen molar-refractivity contribution in [2.24, 2.45) is 0 Å². The molecule has 5 rings (SSSR count). The number of alkyl halides is 3. The van der Waals surface area contributed by atoms with Crippen LogP contribution in [-0.4, -0.2) is 86.9 Å². The Morgan fingerprint density at radius 1 is 1.09 bits per heavy atom. The van der Waals surface area contributed by atoms with Crippen molar-refractivity contribution in [1.29, 1.82) is 0 Å². The number of rotatable bonds is 13. The van der Waals surface area contributed by atoms with E-state index in [1.165, 1.54) is 10.9 Å². The number of amides is 2. The van der Waals surface area contributed by atoms with Gasteiger partial charge in [-0.1, -0.05) is 5.21 Å². The predicted octanol–water partition coefficient (Wildman–Crippen LogP) is 3.72. The second-order valence-electron chi connectivity index (χ2n) is 10.4. The zero-order valence-corrected chi connectivity index (χ0v) is 24.1. The van der Waals surface area contributed by atoms with Crippen LogP contribution >= 0.6 is 0 Å². The van der Waals surface area contributed by atoms with Crippen LogP contribution in [0.2, 0.25) is 0 Å². The van der Waals surface area contributed by atoms with E-state index in [4.69, 9.17) is 9.47 Å². The molecular weight excluding hydrogens is 604 g/mol. The number of carbonyl (C=O) groups is 2. The molecule has 0 saturated carbocycles. The fourth-order valence-electron chi connectivity index (χ4n) is 4.71. The molecule has 13 nitrogen and oxygen atoms in total. The largest absolute Gasteiger partial charge is 0.573 e. The summed E-state index contributed by atoms with van der Waals surface area (Å²) in [5.41, 5.74) is 2.28. The summed E-state index contributed by atoms with van der Waals surface area (Å²) < 4.78 is 66.6. The average Bonchev–Trinajstić information content (AvgIpc) is 3.61. The van der Waals surface area contributed by atoms with Crippen LogP contribution in [0, 0.1) is 5.82 Å². The Labute approximate surface area is 253 Å². The number of ether oxygens (including phenoxy) is 3. The van der Waals surface area contributed by atoms with E-state index in [1.54, 1.807) is 12.0 Å². The van der Waals surface area contributed by atoms with Crippen LogP contribution in [0.3, 0.4) is 0 Å². The molecule has 17 heteroatoms. The van der Waals surface area contributed by atoms with Crippen molar-refractivity contribution >= 4 is 23.0 Å². The van der Waals surface area contributed by atoms with E-state index in [9.17, 15) is 27.2 Å². The summed E-state index contributed by atoms with van der Waals surface area (Å²) in [6.07, 6.45) is -1.71. The molecule has 3 aromatic heterocycles. The maximum absolute atomic E-state index is 14.0. The Balaban J connectivity index is 1.05. The minimum absolute atomic E-state index is 0.0183. The molecule has 4 heterocycles. The van der Waals surface area contributed by atoms with E-state index in [0.29, 0.717) is 44.7 Å². The highest BCUT2D eigenvalue weighted by molar-refractivity contribution is 5.91. The fraction of sp³-hybridized carbons (Fsp3) is 0.429. The van der Waals surface area contributed by atoms with Gasteiger partial charge in [-0.05, 0) is 49.6 Å². The Bertz CT molecular complexity index is 1640. The number of fused-ring (bicyclic) bond motifs is 1. The van der Waals surface area contributed by atoms with Gasteiger partial charge in [0.2, 0.25) is 0 Å². The highest BCUT2D eigenvalue weighted by Crippen LogP contribution is 2.29. The summed E-state index contributed by atoms with van der Waals surface area (Å²) in [6.45, 7) is 1.78. The molecule has 0 atom stereocenters. The number of halogens is 4. The normalized spacial score (nSPS) is 13.6. The maximum atomic E-state index is 14.0. The van der Waals surface area contributed by atoms with Gasteiger partial charge in [0.1, 0.15) is 18.2 Å². The van der Waals surface area contributed by atoms with Gasteiger partial charge in [-0.3, -0.25) is 9.48 Å². The SMILES string of the molecule is COCCOC(=O)N1CC(c2cc3cc(CCCCn4cc(C(=O)NCc5cc(OC(F)(F)F)ccc5F)nn4)nnc3[nH]2)C1. The number of methoxy groups -OCH3 is 1. The molecule has 0 aliphatic carbocycles.